The first kappa shape index (κ1) is 15.4. The van der Waals surface area contributed by atoms with Crippen LogP contribution in [0.1, 0.15) is 25.8 Å². The lowest BCUT2D eigenvalue weighted by atomic mass is 10.2. The summed E-state index contributed by atoms with van der Waals surface area (Å²) in [6.07, 6.45) is 1.14. The third-order valence-corrected chi connectivity index (χ3v) is 3.55. The van der Waals surface area contributed by atoms with Crippen LogP contribution in [0.3, 0.4) is 0 Å². The zero-order valence-corrected chi connectivity index (χ0v) is 12.1. The van der Waals surface area contributed by atoms with Gasteiger partial charge < -0.3 is 10.2 Å². The molecule has 1 unspecified atom stereocenters. The Bertz CT molecular complexity index is 371. The SMILES string of the molecule is CCC(C)N(C)CCNCc1ccc(Cl)cc1F. The van der Waals surface area contributed by atoms with Crippen LogP contribution in [-0.2, 0) is 6.54 Å². The molecule has 0 heterocycles. The standard InChI is InChI=1S/C14H22ClFN2/c1-4-11(2)18(3)8-7-17-10-12-5-6-13(15)9-14(12)16/h5-6,9,11,17H,4,7-8,10H2,1-3H3. The first-order chi connectivity index (χ1) is 8.54. The van der Waals surface area contributed by atoms with Crippen LogP contribution in [0.25, 0.3) is 0 Å². The van der Waals surface area contributed by atoms with Crippen molar-refractivity contribution in [1.29, 1.82) is 0 Å². The summed E-state index contributed by atoms with van der Waals surface area (Å²) in [6.45, 7) is 6.74. The molecule has 102 valence electrons. The summed E-state index contributed by atoms with van der Waals surface area (Å²) in [5.41, 5.74) is 0.658. The highest BCUT2D eigenvalue weighted by atomic mass is 35.5. The Kier molecular flexibility index (Phi) is 6.61. The van der Waals surface area contributed by atoms with Crippen molar-refractivity contribution >= 4 is 11.6 Å². The summed E-state index contributed by atoms with van der Waals surface area (Å²) in [7, 11) is 2.11. The second-order valence-corrected chi connectivity index (χ2v) is 5.09. The Balaban J connectivity index is 2.29. The lowest BCUT2D eigenvalue weighted by molar-refractivity contribution is 0.251. The van der Waals surface area contributed by atoms with Crippen LogP contribution >= 0.6 is 11.6 Å². The van der Waals surface area contributed by atoms with Gasteiger partial charge in [-0.15, -0.1) is 0 Å². The van der Waals surface area contributed by atoms with E-state index in [9.17, 15) is 4.39 Å². The molecular formula is C14H22ClFN2. The molecule has 0 bridgehead atoms. The van der Waals surface area contributed by atoms with E-state index in [0.717, 1.165) is 19.5 Å². The largest absolute Gasteiger partial charge is 0.311 e. The molecule has 0 aliphatic heterocycles. The fourth-order valence-corrected chi connectivity index (χ4v) is 1.83. The topological polar surface area (TPSA) is 15.3 Å². The molecule has 1 N–H and O–H groups in total. The van der Waals surface area contributed by atoms with E-state index in [1.54, 1.807) is 12.1 Å². The molecule has 1 atom stereocenters. The predicted octanol–water partition coefficient (Wildman–Crippen LogP) is 3.30. The van der Waals surface area contributed by atoms with Crippen LogP contribution in [0, 0.1) is 5.82 Å². The highest BCUT2D eigenvalue weighted by Gasteiger charge is 2.06. The van der Waals surface area contributed by atoms with E-state index >= 15 is 0 Å². The number of rotatable bonds is 7. The van der Waals surface area contributed by atoms with Crippen molar-refractivity contribution in [1.82, 2.24) is 10.2 Å². The lowest BCUT2D eigenvalue weighted by Crippen LogP contribution is -2.34. The van der Waals surface area contributed by atoms with Gasteiger partial charge in [0, 0.05) is 36.3 Å². The molecule has 0 aliphatic rings. The normalized spacial score (nSPS) is 13.0. The fourth-order valence-electron chi connectivity index (χ4n) is 1.68. The number of likely N-dealkylation sites (N-methyl/N-ethyl adjacent to an activating group) is 1. The summed E-state index contributed by atoms with van der Waals surface area (Å²) in [6, 6.07) is 5.37. The minimum atomic E-state index is -0.245. The van der Waals surface area contributed by atoms with Crippen molar-refractivity contribution in [2.75, 3.05) is 20.1 Å². The minimum absolute atomic E-state index is 0.245. The number of halogens is 2. The van der Waals surface area contributed by atoms with Crippen molar-refractivity contribution in [3.8, 4) is 0 Å². The summed E-state index contributed by atoms with van der Waals surface area (Å²) in [4.78, 5) is 2.30. The average molecular weight is 273 g/mol. The van der Waals surface area contributed by atoms with E-state index in [1.165, 1.54) is 6.07 Å². The summed E-state index contributed by atoms with van der Waals surface area (Å²) in [5, 5.41) is 3.68. The molecule has 1 aromatic carbocycles. The maximum atomic E-state index is 13.5. The minimum Gasteiger partial charge on any atom is -0.311 e. The quantitative estimate of drug-likeness (QED) is 0.766. The van der Waals surface area contributed by atoms with E-state index < -0.39 is 0 Å². The highest BCUT2D eigenvalue weighted by Crippen LogP contribution is 2.14. The Hall–Kier alpha value is -0.640. The van der Waals surface area contributed by atoms with Gasteiger partial charge in [-0.1, -0.05) is 24.6 Å². The van der Waals surface area contributed by atoms with Gasteiger partial charge in [0.2, 0.25) is 0 Å². The zero-order chi connectivity index (χ0) is 13.5. The Morgan fingerprint density at radius 3 is 2.78 bits per heavy atom. The highest BCUT2D eigenvalue weighted by molar-refractivity contribution is 6.30. The van der Waals surface area contributed by atoms with Crippen LogP contribution in [0.15, 0.2) is 18.2 Å². The average Bonchev–Trinajstić information content (AvgIpc) is 2.35. The third-order valence-electron chi connectivity index (χ3n) is 3.32. The van der Waals surface area contributed by atoms with Crippen LogP contribution < -0.4 is 5.32 Å². The van der Waals surface area contributed by atoms with Crippen molar-refractivity contribution < 1.29 is 4.39 Å². The van der Waals surface area contributed by atoms with Gasteiger partial charge in [0.25, 0.3) is 0 Å². The van der Waals surface area contributed by atoms with Gasteiger partial charge in [0.15, 0.2) is 0 Å². The number of hydrogen-bond donors (Lipinski definition) is 1. The van der Waals surface area contributed by atoms with Crippen molar-refractivity contribution in [3.05, 3.63) is 34.6 Å². The molecule has 1 rings (SSSR count). The van der Waals surface area contributed by atoms with Crippen molar-refractivity contribution in [3.63, 3.8) is 0 Å². The number of nitrogens with zero attached hydrogens (tertiary/aromatic N) is 1. The first-order valence-corrected chi connectivity index (χ1v) is 6.77. The van der Waals surface area contributed by atoms with Gasteiger partial charge in [-0.25, -0.2) is 4.39 Å². The lowest BCUT2D eigenvalue weighted by Gasteiger charge is -2.23. The summed E-state index contributed by atoms with van der Waals surface area (Å²) >= 11 is 5.70. The van der Waals surface area contributed by atoms with Gasteiger partial charge in [-0.2, -0.15) is 0 Å². The molecule has 0 radical (unpaired) electrons. The monoisotopic (exact) mass is 272 g/mol. The van der Waals surface area contributed by atoms with E-state index in [0.29, 0.717) is 23.2 Å². The van der Waals surface area contributed by atoms with Crippen LogP contribution in [0.5, 0.6) is 0 Å². The zero-order valence-electron chi connectivity index (χ0n) is 11.3. The third kappa shape index (κ3) is 4.92. The van der Waals surface area contributed by atoms with Crippen LogP contribution in [-0.4, -0.2) is 31.1 Å². The van der Waals surface area contributed by atoms with Crippen molar-refractivity contribution in [2.45, 2.75) is 32.9 Å². The number of hydrogen-bond acceptors (Lipinski definition) is 2. The van der Waals surface area contributed by atoms with Gasteiger partial charge in [-0.3, -0.25) is 0 Å². The Morgan fingerprint density at radius 2 is 2.17 bits per heavy atom. The van der Waals surface area contributed by atoms with E-state index in [-0.39, 0.29) is 5.82 Å². The molecule has 0 aromatic heterocycles. The molecule has 0 amide bonds. The van der Waals surface area contributed by atoms with Crippen LogP contribution in [0.4, 0.5) is 4.39 Å². The second-order valence-electron chi connectivity index (χ2n) is 4.65. The Morgan fingerprint density at radius 1 is 1.44 bits per heavy atom. The van der Waals surface area contributed by atoms with Gasteiger partial charge in [0.05, 0.1) is 0 Å². The number of benzene rings is 1. The summed E-state index contributed by atoms with van der Waals surface area (Å²) < 4.78 is 13.5. The maximum absolute atomic E-state index is 13.5. The van der Waals surface area contributed by atoms with Gasteiger partial charge in [-0.05, 0) is 32.5 Å². The molecule has 18 heavy (non-hydrogen) atoms. The maximum Gasteiger partial charge on any atom is 0.129 e. The molecule has 0 spiro atoms. The van der Waals surface area contributed by atoms with Crippen LogP contribution in [0.2, 0.25) is 5.02 Å². The first-order valence-electron chi connectivity index (χ1n) is 6.39. The second kappa shape index (κ2) is 7.72. The molecular weight excluding hydrogens is 251 g/mol. The molecule has 2 nitrogen and oxygen atoms in total. The molecule has 4 heteroatoms. The fraction of sp³-hybridized carbons (Fsp3) is 0.571. The predicted molar refractivity (Wildman–Crippen MR) is 75.5 cm³/mol. The Labute approximate surface area is 114 Å². The van der Waals surface area contributed by atoms with Gasteiger partial charge >= 0.3 is 0 Å². The molecule has 0 saturated carbocycles. The molecule has 0 aliphatic carbocycles. The number of nitrogens with one attached hydrogen (secondary N) is 1. The molecule has 0 fully saturated rings. The van der Waals surface area contributed by atoms with Crippen molar-refractivity contribution in [2.24, 2.45) is 0 Å². The summed E-state index contributed by atoms with van der Waals surface area (Å²) in [5.74, 6) is -0.245. The van der Waals surface area contributed by atoms with E-state index in [4.69, 9.17) is 11.6 Å². The smallest absolute Gasteiger partial charge is 0.129 e. The molecule has 0 saturated heterocycles. The van der Waals surface area contributed by atoms with E-state index in [2.05, 4.69) is 31.1 Å². The van der Waals surface area contributed by atoms with E-state index in [1.807, 2.05) is 0 Å². The van der Waals surface area contributed by atoms with Gasteiger partial charge in [0.1, 0.15) is 5.82 Å². The molecule has 1 aromatic rings.